The molecule has 3 rings (SSSR count). The zero-order chi connectivity index (χ0) is 13.4. The van der Waals surface area contributed by atoms with Gasteiger partial charge in [0.2, 0.25) is 0 Å². The lowest BCUT2D eigenvalue weighted by molar-refractivity contribution is 0.192. The maximum absolute atomic E-state index is 13.1. The number of aliphatic hydroxyl groups excluding tert-OH is 1. The summed E-state index contributed by atoms with van der Waals surface area (Å²) in [5.74, 6) is 0.0552. The summed E-state index contributed by atoms with van der Waals surface area (Å²) < 4.78 is 18.6. The molecule has 0 saturated carbocycles. The van der Waals surface area contributed by atoms with Gasteiger partial charge in [0.15, 0.2) is 0 Å². The molecule has 0 aliphatic carbocycles. The van der Waals surface area contributed by atoms with Crippen molar-refractivity contribution in [2.75, 3.05) is 0 Å². The van der Waals surface area contributed by atoms with Crippen molar-refractivity contribution in [1.29, 1.82) is 0 Å². The first-order valence-electron chi connectivity index (χ1n) is 5.92. The normalized spacial score (nSPS) is 12.8. The topological polar surface area (TPSA) is 46.3 Å². The highest BCUT2D eigenvalue weighted by atomic mass is 19.1. The van der Waals surface area contributed by atoms with E-state index in [1.165, 1.54) is 12.1 Å². The molecule has 1 unspecified atom stereocenters. The number of pyridine rings is 1. The van der Waals surface area contributed by atoms with Gasteiger partial charge in [0.1, 0.15) is 23.3 Å². The van der Waals surface area contributed by atoms with Crippen molar-refractivity contribution in [3.8, 4) is 0 Å². The standard InChI is InChI=1S/C15H12FNO2/c1-9-4-11(8-17-7-9)15(18)14-6-10-5-12(16)2-3-13(10)19-14/h2-8,15,18H,1H3. The van der Waals surface area contributed by atoms with E-state index in [0.29, 0.717) is 22.3 Å². The molecule has 0 amide bonds. The van der Waals surface area contributed by atoms with Gasteiger partial charge in [0.05, 0.1) is 0 Å². The fraction of sp³-hybridized carbons (Fsp3) is 0.133. The lowest BCUT2D eigenvalue weighted by Gasteiger charge is -2.07. The van der Waals surface area contributed by atoms with E-state index in [2.05, 4.69) is 4.98 Å². The van der Waals surface area contributed by atoms with E-state index in [1.54, 1.807) is 24.5 Å². The van der Waals surface area contributed by atoms with Gasteiger partial charge in [-0.1, -0.05) is 0 Å². The number of fused-ring (bicyclic) bond motifs is 1. The molecule has 2 heterocycles. The van der Waals surface area contributed by atoms with Gasteiger partial charge in [0.25, 0.3) is 0 Å². The molecule has 2 aromatic heterocycles. The highest BCUT2D eigenvalue weighted by Gasteiger charge is 2.16. The molecule has 0 fully saturated rings. The molecule has 1 N–H and O–H groups in total. The average Bonchev–Trinajstić information content (AvgIpc) is 2.80. The van der Waals surface area contributed by atoms with Gasteiger partial charge in [-0.15, -0.1) is 0 Å². The largest absolute Gasteiger partial charge is 0.458 e. The maximum Gasteiger partial charge on any atom is 0.138 e. The SMILES string of the molecule is Cc1cncc(C(O)c2cc3cc(F)ccc3o2)c1. The third-order valence-corrected chi connectivity index (χ3v) is 2.98. The summed E-state index contributed by atoms with van der Waals surface area (Å²) in [5, 5.41) is 10.9. The molecule has 1 aromatic carbocycles. The Morgan fingerprint density at radius 3 is 2.84 bits per heavy atom. The van der Waals surface area contributed by atoms with Crippen molar-refractivity contribution >= 4 is 11.0 Å². The number of aryl methyl sites for hydroxylation is 1. The zero-order valence-electron chi connectivity index (χ0n) is 10.3. The molecule has 3 aromatic rings. The lowest BCUT2D eigenvalue weighted by Crippen LogP contribution is -1.98. The summed E-state index contributed by atoms with van der Waals surface area (Å²) in [5.41, 5.74) is 2.16. The summed E-state index contributed by atoms with van der Waals surface area (Å²) in [6.45, 7) is 1.90. The van der Waals surface area contributed by atoms with E-state index in [-0.39, 0.29) is 5.82 Å². The molecule has 3 nitrogen and oxygen atoms in total. The molecule has 4 heteroatoms. The molecule has 0 bridgehead atoms. The Balaban J connectivity index is 2.04. The van der Waals surface area contributed by atoms with Crippen LogP contribution < -0.4 is 0 Å². The number of halogens is 1. The van der Waals surface area contributed by atoms with Crippen LogP contribution in [0.2, 0.25) is 0 Å². The van der Waals surface area contributed by atoms with Gasteiger partial charge in [-0.2, -0.15) is 0 Å². The van der Waals surface area contributed by atoms with E-state index in [4.69, 9.17) is 4.42 Å². The van der Waals surface area contributed by atoms with Crippen LogP contribution in [0.5, 0.6) is 0 Å². The van der Waals surface area contributed by atoms with Crippen LogP contribution in [-0.4, -0.2) is 10.1 Å². The van der Waals surface area contributed by atoms with Gasteiger partial charge < -0.3 is 9.52 Å². The van der Waals surface area contributed by atoms with Crippen LogP contribution in [0.4, 0.5) is 4.39 Å². The Bertz CT molecular complexity index is 736. The van der Waals surface area contributed by atoms with Crippen molar-refractivity contribution in [3.63, 3.8) is 0 Å². The van der Waals surface area contributed by atoms with Gasteiger partial charge in [-0.3, -0.25) is 4.98 Å². The Hall–Kier alpha value is -2.20. The number of aromatic nitrogens is 1. The van der Waals surface area contributed by atoms with Crippen LogP contribution in [0.15, 0.2) is 47.1 Å². The average molecular weight is 257 g/mol. The highest BCUT2D eigenvalue weighted by molar-refractivity contribution is 5.78. The lowest BCUT2D eigenvalue weighted by atomic mass is 10.1. The fourth-order valence-corrected chi connectivity index (χ4v) is 2.06. The van der Waals surface area contributed by atoms with Crippen LogP contribution in [0.1, 0.15) is 23.0 Å². The number of furan rings is 1. The Kier molecular flexibility index (Phi) is 2.80. The molecular weight excluding hydrogens is 245 g/mol. The number of hydrogen-bond acceptors (Lipinski definition) is 3. The van der Waals surface area contributed by atoms with E-state index >= 15 is 0 Å². The fourth-order valence-electron chi connectivity index (χ4n) is 2.06. The Labute approximate surface area is 109 Å². The van der Waals surface area contributed by atoms with Crippen molar-refractivity contribution in [2.24, 2.45) is 0 Å². The van der Waals surface area contributed by atoms with Crippen LogP contribution in [0.25, 0.3) is 11.0 Å². The van der Waals surface area contributed by atoms with E-state index in [9.17, 15) is 9.50 Å². The van der Waals surface area contributed by atoms with Gasteiger partial charge >= 0.3 is 0 Å². The number of hydrogen-bond donors (Lipinski definition) is 1. The second-order valence-electron chi connectivity index (χ2n) is 4.53. The minimum Gasteiger partial charge on any atom is -0.458 e. The highest BCUT2D eigenvalue weighted by Crippen LogP contribution is 2.28. The second kappa shape index (κ2) is 4.48. The quantitative estimate of drug-likeness (QED) is 0.765. The van der Waals surface area contributed by atoms with Crippen LogP contribution >= 0.6 is 0 Å². The third kappa shape index (κ3) is 2.22. The van der Waals surface area contributed by atoms with Crippen molar-refractivity contribution in [1.82, 2.24) is 4.98 Å². The molecule has 19 heavy (non-hydrogen) atoms. The van der Waals surface area contributed by atoms with Crippen molar-refractivity contribution in [2.45, 2.75) is 13.0 Å². The summed E-state index contributed by atoms with van der Waals surface area (Å²) in [4.78, 5) is 4.04. The molecule has 1 atom stereocenters. The van der Waals surface area contributed by atoms with E-state index < -0.39 is 6.10 Å². The monoisotopic (exact) mass is 257 g/mol. The van der Waals surface area contributed by atoms with Gasteiger partial charge in [0, 0.05) is 23.3 Å². The third-order valence-electron chi connectivity index (χ3n) is 2.98. The van der Waals surface area contributed by atoms with Crippen LogP contribution in [0, 0.1) is 12.7 Å². The first-order chi connectivity index (χ1) is 9.13. The minimum atomic E-state index is -0.900. The first-order valence-corrected chi connectivity index (χ1v) is 5.92. The Morgan fingerprint density at radius 1 is 1.21 bits per heavy atom. The van der Waals surface area contributed by atoms with Crippen LogP contribution in [-0.2, 0) is 0 Å². The summed E-state index contributed by atoms with van der Waals surface area (Å²) in [7, 11) is 0. The number of nitrogens with zero attached hydrogens (tertiary/aromatic N) is 1. The number of benzene rings is 1. The van der Waals surface area contributed by atoms with Crippen LogP contribution in [0.3, 0.4) is 0 Å². The minimum absolute atomic E-state index is 0.327. The number of aliphatic hydroxyl groups is 1. The molecule has 96 valence electrons. The molecule has 0 aliphatic heterocycles. The zero-order valence-corrected chi connectivity index (χ0v) is 10.3. The summed E-state index contributed by atoms with van der Waals surface area (Å²) in [6.07, 6.45) is 2.40. The smallest absolute Gasteiger partial charge is 0.138 e. The Morgan fingerprint density at radius 2 is 2.05 bits per heavy atom. The van der Waals surface area contributed by atoms with Crippen molar-refractivity contribution in [3.05, 3.63) is 65.4 Å². The van der Waals surface area contributed by atoms with E-state index in [1.807, 2.05) is 13.0 Å². The predicted octanol–water partition coefficient (Wildman–Crippen LogP) is 3.36. The summed E-state index contributed by atoms with van der Waals surface area (Å²) in [6, 6.07) is 7.74. The summed E-state index contributed by atoms with van der Waals surface area (Å²) >= 11 is 0. The first kappa shape index (κ1) is 11.9. The van der Waals surface area contributed by atoms with Gasteiger partial charge in [-0.05, 0) is 42.8 Å². The molecular formula is C15H12FNO2. The molecule has 0 spiro atoms. The molecule has 0 aliphatic rings. The predicted molar refractivity (Wildman–Crippen MR) is 69.2 cm³/mol. The van der Waals surface area contributed by atoms with Gasteiger partial charge in [-0.25, -0.2) is 4.39 Å². The number of rotatable bonds is 2. The molecule has 0 radical (unpaired) electrons. The van der Waals surface area contributed by atoms with Crippen molar-refractivity contribution < 1.29 is 13.9 Å². The molecule has 0 saturated heterocycles. The maximum atomic E-state index is 13.1. The second-order valence-corrected chi connectivity index (χ2v) is 4.53. The van der Waals surface area contributed by atoms with E-state index in [0.717, 1.165) is 5.56 Å².